The number of alkyl carbamates (subject to hydrolysis) is 1. The van der Waals surface area contributed by atoms with Gasteiger partial charge in [-0.1, -0.05) is 23.2 Å². The van der Waals surface area contributed by atoms with Crippen molar-refractivity contribution >= 4 is 41.3 Å². The molecule has 0 unspecified atom stereocenters. The van der Waals surface area contributed by atoms with Crippen LogP contribution in [0.15, 0.2) is 42.7 Å². The molecular formula is C33H41Cl2N7O5. The van der Waals surface area contributed by atoms with Gasteiger partial charge in [0.15, 0.2) is 5.75 Å². The molecule has 1 N–H and O–H groups in total. The number of benzene rings is 1. The Kier molecular flexibility index (Phi) is 11.3. The number of anilines is 1. The predicted octanol–water partition coefficient (Wildman–Crippen LogP) is 6.26. The number of nitrogens with zero attached hydrogens (tertiary/aromatic N) is 6. The van der Waals surface area contributed by atoms with Crippen LogP contribution in [0, 0.1) is 5.92 Å². The first-order valence-electron chi connectivity index (χ1n) is 15.7. The van der Waals surface area contributed by atoms with Crippen molar-refractivity contribution in [2.45, 2.75) is 45.8 Å². The van der Waals surface area contributed by atoms with Crippen molar-refractivity contribution in [1.29, 1.82) is 0 Å². The molecule has 252 valence electrons. The average Bonchev–Trinajstić information content (AvgIpc) is 3.03. The second kappa shape index (κ2) is 15.4. The van der Waals surface area contributed by atoms with Gasteiger partial charge < -0.3 is 29.3 Å². The van der Waals surface area contributed by atoms with E-state index in [-0.39, 0.29) is 6.09 Å². The van der Waals surface area contributed by atoms with Crippen molar-refractivity contribution in [1.82, 2.24) is 30.1 Å². The number of aromatic nitrogens is 3. The average molecular weight is 687 g/mol. The highest BCUT2D eigenvalue weighted by Crippen LogP contribution is 2.31. The fourth-order valence-electron chi connectivity index (χ4n) is 5.45. The quantitative estimate of drug-likeness (QED) is 0.291. The zero-order valence-electron chi connectivity index (χ0n) is 27.2. The summed E-state index contributed by atoms with van der Waals surface area (Å²) in [6.45, 7) is 10.7. The van der Waals surface area contributed by atoms with Crippen molar-refractivity contribution < 1.29 is 23.8 Å². The fourth-order valence-corrected chi connectivity index (χ4v) is 5.98. The van der Waals surface area contributed by atoms with Gasteiger partial charge in [-0.2, -0.15) is 0 Å². The van der Waals surface area contributed by atoms with Gasteiger partial charge in [0.25, 0.3) is 0 Å². The highest BCUT2D eigenvalue weighted by atomic mass is 35.5. The van der Waals surface area contributed by atoms with E-state index in [9.17, 15) is 9.59 Å². The van der Waals surface area contributed by atoms with Crippen molar-refractivity contribution in [2.75, 3.05) is 57.8 Å². The monoisotopic (exact) mass is 685 g/mol. The Hall–Kier alpha value is -3.87. The van der Waals surface area contributed by atoms with Crippen LogP contribution in [-0.2, 0) is 16.0 Å². The van der Waals surface area contributed by atoms with Crippen LogP contribution in [0.1, 0.15) is 39.2 Å². The highest BCUT2D eigenvalue weighted by Gasteiger charge is 2.27. The van der Waals surface area contributed by atoms with Crippen LogP contribution < -0.4 is 15.0 Å². The number of nitrogens with one attached hydrogen (secondary N) is 1. The minimum absolute atomic E-state index is 0.312. The maximum atomic E-state index is 12.4. The van der Waals surface area contributed by atoms with E-state index in [2.05, 4.69) is 20.2 Å². The maximum Gasteiger partial charge on any atom is 0.410 e. The number of likely N-dealkylation sites (tertiary alicyclic amines) is 1. The van der Waals surface area contributed by atoms with Gasteiger partial charge in [-0.05, 0) is 82.4 Å². The molecular weight excluding hydrogens is 645 g/mol. The topological polar surface area (TPSA) is 122 Å². The molecule has 0 spiro atoms. The molecule has 0 radical (unpaired) electrons. The summed E-state index contributed by atoms with van der Waals surface area (Å²) in [5.74, 6) is 1.73. The summed E-state index contributed by atoms with van der Waals surface area (Å²) in [4.78, 5) is 43.8. The number of hydrogen-bond acceptors (Lipinski definition) is 10. The van der Waals surface area contributed by atoms with Crippen LogP contribution in [0.5, 0.6) is 11.6 Å². The zero-order valence-corrected chi connectivity index (χ0v) is 28.7. The fraction of sp³-hybridized carbons (Fsp3) is 0.485. The number of piperazine rings is 1. The van der Waals surface area contributed by atoms with Gasteiger partial charge in [0.05, 0.1) is 24.7 Å². The predicted molar refractivity (Wildman–Crippen MR) is 180 cm³/mol. The van der Waals surface area contributed by atoms with Gasteiger partial charge in [0.2, 0.25) is 11.8 Å². The lowest BCUT2D eigenvalue weighted by Crippen LogP contribution is -2.50. The van der Waals surface area contributed by atoms with Gasteiger partial charge in [0, 0.05) is 61.4 Å². The lowest BCUT2D eigenvalue weighted by atomic mass is 9.97. The third kappa shape index (κ3) is 10.1. The van der Waals surface area contributed by atoms with E-state index in [0.29, 0.717) is 78.6 Å². The molecule has 4 heterocycles. The number of halogens is 2. The summed E-state index contributed by atoms with van der Waals surface area (Å²) in [6.07, 6.45) is 4.40. The number of hydrogen-bond donors (Lipinski definition) is 1. The molecule has 0 atom stereocenters. The summed E-state index contributed by atoms with van der Waals surface area (Å²) in [5, 5.41) is 3.52. The lowest BCUT2D eigenvalue weighted by molar-refractivity contribution is 0.0240. The molecule has 12 nitrogen and oxygen atoms in total. The van der Waals surface area contributed by atoms with E-state index in [4.69, 9.17) is 42.4 Å². The first-order valence-corrected chi connectivity index (χ1v) is 16.5. The number of carbonyl (C=O) groups excluding carboxylic acids is 2. The third-order valence-corrected chi connectivity index (χ3v) is 8.28. The number of pyridine rings is 1. The van der Waals surface area contributed by atoms with Crippen LogP contribution in [0.25, 0.3) is 11.3 Å². The minimum Gasteiger partial charge on any atom is -0.449 e. The van der Waals surface area contributed by atoms with Crippen LogP contribution in [-0.4, -0.2) is 95.5 Å². The van der Waals surface area contributed by atoms with E-state index in [0.717, 1.165) is 37.1 Å². The SMILES string of the molecule is CNC(=O)OCC1CCN(Cc2cc(Oc3cnc(N4CCN(C(=O)OC(C)(C)C)CC4)nc3)nc(-c3cc(Cl)cc(Cl)c3)c2)CC1. The lowest BCUT2D eigenvalue weighted by Gasteiger charge is -2.35. The van der Waals surface area contributed by atoms with E-state index < -0.39 is 11.7 Å². The van der Waals surface area contributed by atoms with Gasteiger partial charge in [0.1, 0.15) is 5.60 Å². The van der Waals surface area contributed by atoms with Gasteiger partial charge in [-0.15, -0.1) is 0 Å². The Morgan fingerprint density at radius 2 is 1.60 bits per heavy atom. The molecule has 2 aliphatic rings. The Bertz CT molecular complexity index is 1520. The van der Waals surface area contributed by atoms with E-state index in [1.54, 1.807) is 30.4 Å². The summed E-state index contributed by atoms with van der Waals surface area (Å²) >= 11 is 12.7. The Labute approximate surface area is 285 Å². The van der Waals surface area contributed by atoms with Crippen molar-refractivity contribution in [2.24, 2.45) is 5.92 Å². The first kappa shape index (κ1) is 34.5. The smallest absolute Gasteiger partial charge is 0.410 e. The van der Waals surface area contributed by atoms with Crippen molar-refractivity contribution in [3.05, 3.63) is 58.3 Å². The third-order valence-electron chi connectivity index (χ3n) is 7.84. The van der Waals surface area contributed by atoms with E-state index in [1.165, 1.54) is 0 Å². The molecule has 1 aromatic carbocycles. The number of amides is 2. The normalized spacial score (nSPS) is 16.1. The van der Waals surface area contributed by atoms with E-state index in [1.807, 2.05) is 49.9 Å². The van der Waals surface area contributed by atoms with E-state index >= 15 is 0 Å². The molecule has 5 rings (SSSR count). The molecule has 2 aliphatic heterocycles. The molecule has 14 heteroatoms. The molecule has 2 fully saturated rings. The van der Waals surface area contributed by atoms with Crippen LogP contribution in [0.2, 0.25) is 10.0 Å². The molecule has 2 aromatic heterocycles. The Morgan fingerprint density at radius 3 is 2.21 bits per heavy atom. The molecule has 2 saturated heterocycles. The number of ether oxygens (including phenoxy) is 3. The molecule has 47 heavy (non-hydrogen) atoms. The van der Waals surface area contributed by atoms with Gasteiger partial charge in [-0.25, -0.2) is 24.5 Å². The van der Waals surface area contributed by atoms with Crippen LogP contribution >= 0.6 is 23.2 Å². The number of piperidine rings is 1. The molecule has 0 aliphatic carbocycles. The highest BCUT2D eigenvalue weighted by molar-refractivity contribution is 6.35. The summed E-state index contributed by atoms with van der Waals surface area (Å²) < 4.78 is 16.9. The zero-order chi connectivity index (χ0) is 33.6. The number of carbonyl (C=O) groups is 2. The van der Waals surface area contributed by atoms with Gasteiger partial charge in [-0.3, -0.25) is 4.90 Å². The number of rotatable bonds is 8. The van der Waals surface area contributed by atoms with Crippen LogP contribution in [0.3, 0.4) is 0 Å². The summed E-state index contributed by atoms with van der Waals surface area (Å²) in [5.41, 5.74) is 1.93. The van der Waals surface area contributed by atoms with Crippen molar-refractivity contribution in [3.8, 4) is 22.9 Å². The largest absolute Gasteiger partial charge is 0.449 e. The molecule has 0 bridgehead atoms. The van der Waals surface area contributed by atoms with Crippen LogP contribution in [0.4, 0.5) is 15.5 Å². The minimum atomic E-state index is -0.536. The maximum absolute atomic E-state index is 12.4. The molecule has 3 aromatic rings. The Balaban J connectivity index is 1.25. The Morgan fingerprint density at radius 1 is 0.936 bits per heavy atom. The standard InChI is InChI=1S/C33H41Cl2N7O5/c1-33(2,3)47-32(44)42-11-9-41(10-12-42)30-37-18-27(19-38-30)46-29-14-23(13-28(39-29)24-15-25(34)17-26(35)16-24)20-40-7-5-22(6-8-40)21-45-31(43)36-4/h13-19,22H,5-12,20-21H2,1-4H3,(H,36,43). The second-order valence-electron chi connectivity index (χ2n) is 12.7. The molecule has 2 amide bonds. The summed E-state index contributed by atoms with van der Waals surface area (Å²) in [6, 6.07) is 9.26. The van der Waals surface area contributed by atoms with Gasteiger partial charge >= 0.3 is 12.2 Å². The summed E-state index contributed by atoms with van der Waals surface area (Å²) in [7, 11) is 1.56. The molecule has 0 saturated carbocycles. The first-order chi connectivity index (χ1) is 22.4. The van der Waals surface area contributed by atoms with Crippen molar-refractivity contribution in [3.63, 3.8) is 0 Å². The second-order valence-corrected chi connectivity index (χ2v) is 13.6.